The number of benzene rings is 1. The maximum atomic E-state index is 11.3. The summed E-state index contributed by atoms with van der Waals surface area (Å²) >= 11 is 0. The monoisotopic (exact) mass is 339 g/mol. The number of hydrogen-bond donors (Lipinski definition) is 0. The number of rotatable bonds is 11. The summed E-state index contributed by atoms with van der Waals surface area (Å²) < 4.78 is 20.2. The van der Waals surface area contributed by atoms with Crippen LogP contribution in [0.15, 0.2) is 24.3 Å². The fraction of sp³-hybridized carbons (Fsp3) is 0.529. The van der Waals surface area contributed by atoms with Gasteiger partial charge in [0.1, 0.15) is 6.61 Å². The molecule has 0 bridgehead atoms. The minimum absolute atomic E-state index is 0.256. The van der Waals surface area contributed by atoms with Crippen molar-refractivity contribution in [1.82, 2.24) is 4.90 Å². The minimum atomic E-state index is -0.288. The Labute approximate surface area is 142 Å². The lowest BCUT2D eigenvalue weighted by Crippen LogP contribution is -2.33. The van der Waals surface area contributed by atoms with Gasteiger partial charge in [-0.25, -0.2) is 0 Å². The smallest absolute Gasteiger partial charge is 0.306 e. The van der Waals surface area contributed by atoms with Crippen molar-refractivity contribution >= 4 is 11.9 Å². The Morgan fingerprint density at radius 3 is 1.92 bits per heavy atom. The summed E-state index contributed by atoms with van der Waals surface area (Å²) in [7, 11) is 4.29. The Hall–Kier alpha value is -2.28. The molecule has 1 aromatic carbocycles. The summed E-state index contributed by atoms with van der Waals surface area (Å²) in [6, 6.07) is 7.38. The summed E-state index contributed by atoms with van der Waals surface area (Å²) in [4.78, 5) is 24.6. The van der Waals surface area contributed by atoms with Crippen LogP contribution < -0.4 is 9.47 Å². The zero-order valence-corrected chi connectivity index (χ0v) is 14.4. The largest absolute Gasteiger partial charge is 0.493 e. The molecule has 1 aromatic rings. The average molecular weight is 339 g/mol. The SMILES string of the molecule is COC(=O)CCN(CCOc1ccccc1OC)CCC(=O)OC. The molecule has 0 unspecified atom stereocenters. The molecule has 0 saturated heterocycles. The molecular weight excluding hydrogens is 314 g/mol. The topological polar surface area (TPSA) is 74.3 Å². The number of ether oxygens (including phenoxy) is 4. The van der Waals surface area contributed by atoms with Gasteiger partial charge in [0, 0.05) is 19.6 Å². The average Bonchev–Trinajstić information content (AvgIpc) is 2.62. The van der Waals surface area contributed by atoms with Gasteiger partial charge in [-0.3, -0.25) is 14.5 Å². The third kappa shape index (κ3) is 7.32. The third-order valence-corrected chi connectivity index (χ3v) is 3.45. The van der Waals surface area contributed by atoms with E-state index in [0.717, 1.165) is 0 Å². The predicted octanol–water partition coefficient (Wildman–Crippen LogP) is 1.50. The number of nitrogens with zero attached hydrogens (tertiary/aromatic N) is 1. The van der Waals surface area contributed by atoms with Gasteiger partial charge in [-0.05, 0) is 12.1 Å². The second kappa shape index (κ2) is 11.3. The Morgan fingerprint density at radius 1 is 0.875 bits per heavy atom. The van der Waals surface area contributed by atoms with Gasteiger partial charge in [-0.2, -0.15) is 0 Å². The maximum absolute atomic E-state index is 11.3. The Morgan fingerprint density at radius 2 is 1.42 bits per heavy atom. The first kappa shape index (κ1) is 19.8. The quantitative estimate of drug-likeness (QED) is 0.566. The highest BCUT2D eigenvalue weighted by atomic mass is 16.5. The highest BCUT2D eigenvalue weighted by Gasteiger charge is 2.12. The van der Waals surface area contributed by atoms with Crippen LogP contribution >= 0.6 is 0 Å². The second-order valence-corrected chi connectivity index (χ2v) is 4.99. The van der Waals surface area contributed by atoms with Crippen LogP contribution in [0.4, 0.5) is 0 Å². The van der Waals surface area contributed by atoms with Gasteiger partial charge in [0.15, 0.2) is 11.5 Å². The van der Waals surface area contributed by atoms with Crippen molar-refractivity contribution in [1.29, 1.82) is 0 Å². The van der Waals surface area contributed by atoms with E-state index in [0.29, 0.717) is 37.7 Å². The lowest BCUT2D eigenvalue weighted by Gasteiger charge is -2.21. The first-order valence-corrected chi connectivity index (χ1v) is 7.72. The number of carbonyl (C=O) groups excluding carboxylic acids is 2. The number of hydrogen-bond acceptors (Lipinski definition) is 7. The van der Waals surface area contributed by atoms with Crippen molar-refractivity contribution in [3.8, 4) is 11.5 Å². The first-order valence-electron chi connectivity index (χ1n) is 7.72. The summed E-state index contributed by atoms with van der Waals surface area (Å²) in [5.41, 5.74) is 0. The fourth-order valence-corrected chi connectivity index (χ4v) is 2.06. The van der Waals surface area contributed by atoms with Crippen LogP contribution in [0.1, 0.15) is 12.8 Å². The van der Waals surface area contributed by atoms with E-state index in [-0.39, 0.29) is 24.8 Å². The van der Waals surface area contributed by atoms with Crippen molar-refractivity contribution in [2.24, 2.45) is 0 Å². The Balaban J connectivity index is 2.50. The zero-order chi connectivity index (χ0) is 17.8. The molecule has 0 aliphatic heterocycles. The van der Waals surface area contributed by atoms with Crippen LogP contribution in [0.2, 0.25) is 0 Å². The number of para-hydroxylation sites is 2. The van der Waals surface area contributed by atoms with Gasteiger partial charge < -0.3 is 18.9 Å². The van der Waals surface area contributed by atoms with Gasteiger partial charge in [-0.15, -0.1) is 0 Å². The van der Waals surface area contributed by atoms with Crippen molar-refractivity contribution in [2.75, 3.05) is 47.6 Å². The molecule has 0 spiro atoms. The molecule has 0 aliphatic rings. The molecule has 24 heavy (non-hydrogen) atoms. The number of esters is 2. The number of methoxy groups -OCH3 is 3. The van der Waals surface area contributed by atoms with E-state index in [1.165, 1.54) is 14.2 Å². The molecule has 0 N–H and O–H groups in total. The molecule has 0 radical (unpaired) electrons. The van der Waals surface area contributed by atoms with E-state index >= 15 is 0 Å². The maximum Gasteiger partial charge on any atom is 0.306 e. The summed E-state index contributed by atoms with van der Waals surface area (Å²) in [6.45, 7) is 1.94. The predicted molar refractivity (Wildman–Crippen MR) is 88.2 cm³/mol. The van der Waals surface area contributed by atoms with E-state index in [9.17, 15) is 9.59 Å². The van der Waals surface area contributed by atoms with Gasteiger partial charge >= 0.3 is 11.9 Å². The van der Waals surface area contributed by atoms with Gasteiger partial charge in [0.05, 0.1) is 34.2 Å². The van der Waals surface area contributed by atoms with E-state index in [1.807, 2.05) is 29.2 Å². The Kier molecular flexibility index (Phi) is 9.29. The van der Waals surface area contributed by atoms with Crippen molar-refractivity contribution in [3.05, 3.63) is 24.3 Å². The lowest BCUT2D eigenvalue weighted by molar-refractivity contribution is -0.141. The molecule has 7 heteroatoms. The third-order valence-electron chi connectivity index (χ3n) is 3.45. The van der Waals surface area contributed by atoms with Crippen molar-refractivity contribution in [2.45, 2.75) is 12.8 Å². The number of carbonyl (C=O) groups is 2. The second-order valence-electron chi connectivity index (χ2n) is 4.99. The molecule has 134 valence electrons. The van der Waals surface area contributed by atoms with Crippen LogP contribution in [-0.4, -0.2) is 64.4 Å². The van der Waals surface area contributed by atoms with Gasteiger partial charge in [0.25, 0.3) is 0 Å². The van der Waals surface area contributed by atoms with Crippen LogP contribution in [0.25, 0.3) is 0 Å². The van der Waals surface area contributed by atoms with Crippen LogP contribution in [0, 0.1) is 0 Å². The molecule has 0 atom stereocenters. The first-order chi connectivity index (χ1) is 11.6. The van der Waals surface area contributed by atoms with Gasteiger partial charge in [-0.1, -0.05) is 12.1 Å². The Bertz CT molecular complexity index is 500. The zero-order valence-electron chi connectivity index (χ0n) is 14.4. The summed E-state index contributed by atoms with van der Waals surface area (Å²) in [5.74, 6) is 0.737. The van der Waals surface area contributed by atoms with Crippen LogP contribution in [0.3, 0.4) is 0 Å². The minimum Gasteiger partial charge on any atom is -0.493 e. The molecule has 0 aromatic heterocycles. The van der Waals surface area contributed by atoms with E-state index in [2.05, 4.69) is 9.47 Å². The molecule has 0 saturated carbocycles. The molecular formula is C17H25NO6. The van der Waals surface area contributed by atoms with E-state index in [4.69, 9.17) is 9.47 Å². The molecule has 0 fully saturated rings. The highest BCUT2D eigenvalue weighted by molar-refractivity contribution is 5.70. The molecule has 0 amide bonds. The van der Waals surface area contributed by atoms with E-state index in [1.54, 1.807) is 7.11 Å². The van der Waals surface area contributed by atoms with Crippen molar-refractivity contribution < 1.29 is 28.5 Å². The molecule has 1 rings (SSSR count). The summed E-state index contributed by atoms with van der Waals surface area (Å²) in [6.07, 6.45) is 0.513. The highest BCUT2D eigenvalue weighted by Crippen LogP contribution is 2.25. The normalized spacial score (nSPS) is 10.3. The molecule has 0 heterocycles. The van der Waals surface area contributed by atoms with Crippen molar-refractivity contribution in [3.63, 3.8) is 0 Å². The standard InChI is InChI=1S/C17H25NO6/c1-21-14-6-4-5-7-15(14)24-13-12-18(10-8-16(19)22-2)11-9-17(20)23-3/h4-7H,8-13H2,1-3H3. The lowest BCUT2D eigenvalue weighted by atomic mass is 10.3. The van der Waals surface area contributed by atoms with Gasteiger partial charge in [0.2, 0.25) is 0 Å². The molecule has 7 nitrogen and oxygen atoms in total. The molecule has 0 aliphatic carbocycles. The van der Waals surface area contributed by atoms with E-state index < -0.39 is 0 Å². The van der Waals surface area contributed by atoms with Crippen LogP contribution in [0.5, 0.6) is 11.5 Å². The van der Waals surface area contributed by atoms with Crippen LogP contribution in [-0.2, 0) is 19.1 Å². The summed E-state index contributed by atoms with van der Waals surface area (Å²) in [5, 5.41) is 0. The fourth-order valence-electron chi connectivity index (χ4n) is 2.06.